The quantitative estimate of drug-likeness (QED) is 0.758. The van der Waals surface area contributed by atoms with Crippen LogP contribution in [-0.2, 0) is 16.1 Å². The second-order valence-electron chi connectivity index (χ2n) is 6.78. The lowest BCUT2D eigenvalue weighted by atomic mass is 10.0. The highest BCUT2D eigenvalue weighted by Crippen LogP contribution is 2.24. The molecule has 0 bridgehead atoms. The maximum Gasteiger partial charge on any atom is 0.251 e. The number of nitrogens with zero attached hydrogens (tertiary/aromatic N) is 1. The third-order valence-electron chi connectivity index (χ3n) is 4.94. The van der Waals surface area contributed by atoms with Crippen LogP contribution in [0.4, 0.5) is 0 Å². The van der Waals surface area contributed by atoms with Crippen LogP contribution in [0.3, 0.4) is 0 Å². The lowest BCUT2D eigenvalue weighted by Crippen LogP contribution is -2.43. The Morgan fingerprint density at radius 3 is 2.57 bits per heavy atom. The van der Waals surface area contributed by atoms with Gasteiger partial charge in [-0.05, 0) is 35.4 Å². The zero-order valence-electron chi connectivity index (χ0n) is 16.5. The number of nitrogens with one attached hydrogen (secondary N) is 1. The van der Waals surface area contributed by atoms with Gasteiger partial charge in [-0.15, -0.1) is 0 Å². The van der Waals surface area contributed by atoms with Gasteiger partial charge in [0.05, 0.1) is 33.0 Å². The molecule has 28 heavy (non-hydrogen) atoms. The number of hydrogen-bond donors (Lipinski definition) is 1. The van der Waals surface area contributed by atoms with Gasteiger partial charge in [0.25, 0.3) is 5.91 Å². The van der Waals surface area contributed by atoms with E-state index in [2.05, 4.69) is 22.3 Å². The Balaban J connectivity index is 1.71. The van der Waals surface area contributed by atoms with E-state index in [9.17, 15) is 4.79 Å². The standard InChI is InChI=1S/C22H28N2O4/c1-26-16-17-4-3-5-19(14-17)22(25)23-15-21(24-10-12-28-13-11-24)18-6-8-20(27-2)9-7-18/h3-9,14,21H,10-13,15-16H2,1-2H3,(H,23,25). The van der Waals surface area contributed by atoms with Gasteiger partial charge in [-0.25, -0.2) is 0 Å². The van der Waals surface area contributed by atoms with E-state index in [1.807, 2.05) is 36.4 Å². The highest BCUT2D eigenvalue weighted by Gasteiger charge is 2.23. The number of carbonyl (C=O) groups excluding carboxylic acids is 1. The van der Waals surface area contributed by atoms with Crippen molar-refractivity contribution in [2.24, 2.45) is 0 Å². The van der Waals surface area contributed by atoms with Gasteiger partial charge in [0.2, 0.25) is 0 Å². The second-order valence-corrected chi connectivity index (χ2v) is 6.78. The fraction of sp³-hybridized carbons (Fsp3) is 0.409. The van der Waals surface area contributed by atoms with Crippen LogP contribution in [0.2, 0.25) is 0 Å². The highest BCUT2D eigenvalue weighted by molar-refractivity contribution is 5.94. The Hall–Kier alpha value is -2.41. The molecule has 1 fully saturated rings. The van der Waals surface area contributed by atoms with Crippen molar-refractivity contribution >= 4 is 5.91 Å². The molecule has 1 N–H and O–H groups in total. The Labute approximate surface area is 166 Å². The fourth-order valence-corrected chi connectivity index (χ4v) is 3.43. The molecule has 1 atom stereocenters. The molecule has 6 heteroatoms. The van der Waals surface area contributed by atoms with Crippen LogP contribution in [0.5, 0.6) is 5.75 Å². The average Bonchev–Trinajstić information content (AvgIpc) is 2.75. The van der Waals surface area contributed by atoms with E-state index in [0.717, 1.165) is 30.0 Å². The molecule has 1 amide bonds. The Kier molecular flexibility index (Phi) is 7.42. The lowest BCUT2D eigenvalue weighted by Gasteiger charge is -2.35. The molecular formula is C22H28N2O4. The summed E-state index contributed by atoms with van der Waals surface area (Å²) in [6.07, 6.45) is 0. The maximum absolute atomic E-state index is 12.7. The van der Waals surface area contributed by atoms with Crippen LogP contribution >= 0.6 is 0 Å². The number of benzene rings is 2. The molecule has 1 saturated heterocycles. The van der Waals surface area contributed by atoms with E-state index in [1.54, 1.807) is 14.2 Å². The van der Waals surface area contributed by atoms with Crippen LogP contribution in [0, 0.1) is 0 Å². The first-order valence-corrected chi connectivity index (χ1v) is 9.53. The van der Waals surface area contributed by atoms with Crippen molar-refractivity contribution in [1.82, 2.24) is 10.2 Å². The minimum Gasteiger partial charge on any atom is -0.497 e. The molecule has 6 nitrogen and oxygen atoms in total. The van der Waals surface area contributed by atoms with Crippen molar-refractivity contribution in [3.8, 4) is 5.75 Å². The summed E-state index contributed by atoms with van der Waals surface area (Å²) in [5.74, 6) is 0.744. The zero-order chi connectivity index (χ0) is 19.8. The van der Waals surface area contributed by atoms with Crippen molar-refractivity contribution in [2.75, 3.05) is 47.1 Å². The van der Waals surface area contributed by atoms with Crippen LogP contribution in [0.25, 0.3) is 0 Å². The van der Waals surface area contributed by atoms with Crippen molar-refractivity contribution < 1.29 is 19.0 Å². The van der Waals surface area contributed by atoms with Crippen molar-refractivity contribution in [1.29, 1.82) is 0 Å². The number of ether oxygens (including phenoxy) is 3. The van der Waals surface area contributed by atoms with Gasteiger partial charge in [0.1, 0.15) is 5.75 Å². The molecule has 2 aromatic carbocycles. The molecule has 150 valence electrons. The van der Waals surface area contributed by atoms with E-state index in [4.69, 9.17) is 14.2 Å². The molecule has 0 saturated carbocycles. The number of carbonyl (C=O) groups is 1. The summed E-state index contributed by atoms with van der Waals surface area (Å²) < 4.78 is 15.9. The van der Waals surface area contributed by atoms with Gasteiger partial charge in [-0.1, -0.05) is 24.3 Å². The molecule has 1 aliphatic rings. The SMILES string of the molecule is COCc1cccc(C(=O)NCC(c2ccc(OC)cc2)N2CCOCC2)c1. The molecule has 3 rings (SSSR count). The topological polar surface area (TPSA) is 60.0 Å². The van der Waals surface area contributed by atoms with E-state index >= 15 is 0 Å². The number of hydrogen-bond acceptors (Lipinski definition) is 5. The normalized spacial score (nSPS) is 15.8. The fourth-order valence-electron chi connectivity index (χ4n) is 3.43. The monoisotopic (exact) mass is 384 g/mol. The minimum atomic E-state index is -0.0790. The molecule has 1 unspecified atom stereocenters. The van der Waals surface area contributed by atoms with E-state index in [0.29, 0.717) is 31.9 Å². The van der Waals surface area contributed by atoms with Crippen LogP contribution in [0.15, 0.2) is 48.5 Å². The Bertz CT molecular complexity index is 757. The van der Waals surface area contributed by atoms with E-state index < -0.39 is 0 Å². The predicted molar refractivity (Wildman–Crippen MR) is 108 cm³/mol. The first-order valence-electron chi connectivity index (χ1n) is 9.53. The van der Waals surface area contributed by atoms with E-state index in [-0.39, 0.29) is 11.9 Å². The minimum absolute atomic E-state index is 0.0790. The summed E-state index contributed by atoms with van der Waals surface area (Å²) in [5.41, 5.74) is 2.77. The third-order valence-corrected chi connectivity index (χ3v) is 4.94. The summed E-state index contributed by atoms with van der Waals surface area (Å²) >= 11 is 0. The largest absolute Gasteiger partial charge is 0.497 e. The maximum atomic E-state index is 12.7. The van der Waals surface area contributed by atoms with Crippen LogP contribution in [0.1, 0.15) is 27.5 Å². The number of rotatable bonds is 8. The lowest BCUT2D eigenvalue weighted by molar-refractivity contribution is 0.0162. The third kappa shape index (κ3) is 5.32. The van der Waals surface area contributed by atoms with Crippen LogP contribution < -0.4 is 10.1 Å². The summed E-state index contributed by atoms with van der Waals surface area (Å²) in [7, 11) is 3.31. The van der Waals surface area contributed by atoms with Gasteiger partial charge in [0, 0.05) is 32.3 Å². The van der Waals surface area contributed by atoms with Gasteiger partial charge in [0.15, 0.2) is 0 Å². The molecule has 0 aliphatic carbocycles. The second kappa shape index (κ2) is 10.2. The first-order chi connectivity index (χ1) is 13.7. The van der Waals surface area contributed by atoms with Gasteiger partial charge < -0.3 is 19.5 Å². The summed E-state index contributed by atoms with van der Waals surface area (Å²) in [6.45, 7) is 4.12. The van der Waals surface area contributed by atoms with Gasteiger partial charge in [-0.3, -0.25) is 9.69 Å². The Morgan fingerprint density at radius 2 is 1.89 bits per heavy atom. The van der Waals surface area contributed by atoms with Crippen molar-refractivity contribution in [3.05, 3.63) is 65.2 Å². The zero-order valence-corrected chi connectivity index (χ0v) is 16.5. The highest BCUT2D eigenvalue weighted by atomic mass is 16.5. The molecule has 0 aromatic heterocycles. The molecule has 1 aliphatic heterocycles. The number of methoxy groups -OCH3 is 2. The summed E-state index contributed by atoms with van der Waals surface area (Å²) in [5, 5.41) is 3.10. The Morgan fingerprint density at radius 1 is 1.14 bits per heavy atom. The average molecular weight is 384 g/mol. The van der Waals surface area contributed by atoms with Crippen molar-refractivity contribution in [2.45, 2.75) is 12.6 Å². The molecular weight excluding hydrogens is 356 g/mol. The predicted octanol–water partition coefficient (Wildman–Crippen LogP) is 2.64. The van der Waals surface area contributed by atoms with E-state index in [1.165, 1.54) is 0 Å². The molecule has 0 radical (unpaired) electrons. The molecule has 1 heterocycles. The van der Waals surface area contributed by atoms with Gasteiger partial charge in [-0.2, -0.15) is 0 Å². The summed E-state index contributed by atoms with van der Waals surface area (Å²) in [6, 6.07) is 15.6. The molecule has 2 aromatic rings. The van der Waals surface area contributed by atoms with Gasteiger partial charge >= 0.3 is 0 Å². The first kappa shape index (κ1) is 20.3. The van der Waals surface area contributed by atoms with Crippen LogP contribution in [-0.4, -0.2) is 57.9 Å². The summed E-state index contributed by atoms with van der Waals surface area (Å²) in [4.78, 5) is 15.1. The molecule has 0 spiro atoms. The number of morpholine rings is 1. The smallest absolute Gasteiger partial charge is 0.251 e. The number of amides is 1. The van der Waals surface area contributed by atoms with Crippen molar-refractivity contribution in [3.63, 3.8) is 0 Å².